The van der Waals surface area contributed by atoms with E-state index in [2.05, 4.69) is 29.3 Å². The van der Waals surface area contributed by atoms with E-state index in [0.29, 0.717) is 5.92 Å². The summed E-state index contributed by atoms with van der Waals surface area (Å²) in [6, 6.07) is 8.13. The number of fused-ring (bicyclic) bond motifs is 1. The molecule has 0 bridgehead atoms. The van der Waals surface area contributed by atoms with Gasteiger partial charge < -0.3 is 5.73 Å². The predicted octanol–water partition coefficient (Wildman–Crippen LogP) is 3.02. The first-order chi connectivity index (χ1) is 8.75. The van der Waals surface area contributed by atoms with Crippen molar-refractivity contribution in [2.45, 2.75) is 38.5 Å². The van der Waals surface area contributed by atoms with Crippen molar-refractivity contribution in [3.8, 4) is 0 Å². The molecule has 18 heavy (non-hydrogen) atoms. The summed E-state index contributed by atoms with van der Waals surface area (Å²) in [7, 11) is 0. The van der Waals surface area contributed by atoms with Crippen molar-refractivity contribution in [3.63, 3.8) is 0 Å². The first-order valence-corrected chi connectivity index (χ1v) is 6.67. The molecule has 1 aromatic carbocycles. The average Bonchev–Trinajstić information content (AvgIpc) is 2.82. The van der Waals surface area contributed by atoms with Gasteiger partial charge >= 0.3 is 0 Å². The standard InChI is InChI=1S/C15H19N3/c1-10(11-6-8-12(16)9-7-11)15-13-4-2-3-5-14(13)17-18-15/h6-10H,2-5,16H2,1H3,(H,17,18). The number of rotatable bonds is 2. The second-order valence-electron chi connectivity index (χ2n) is 5.16. The van der Waals surface area contributed by atoms with Gasteiger partial charge in [0, 0.05) is 17.3 Å². The Morgan fingerprint density at radius 2 is 1.89 bits per heavy atom. The summed E-state index contributed by atoms with van der Waals surface area (Å²) in [5.74, 6) is 0.337. The molecule has 94 valence electrons. The number of nitrogens with zero attached hydrogens (tertiary/aromatic N) is 1. The van der Waals surface area contributed by atoms with Gasteiger partial charge in [-0.3, -0.25) is 5.10 Å². The SMILES string of the molecule is CC(c1ccc(N)cc1)c1n[nH]c2c1CCCC2. The van der Waals surface area contributed by atoms with Crippen LogP contribution in [-0.4, -0.2) is 10.2 Å². The number of aromatic amines is 1. The van der Waals surface area contributed by atoms with E-state index in [-0.39, 0.29) is 0 Å². The minimum Gasteiger partial charge on any atom is -0.399 e. The van der Waals surface area contributed by atoms with Crippen LogP contribution >= 0.6 is 0 Å². The lowest BCUT2D eigenvalue weighted by Gasteiger charge is -2.15. The number of aromatic nitrogens is 2. The van der Waals surface area contributed by atoms with Crippen molar-refractivity contribution >= 4 is 5.69 Å². The molecule has 0 amide bonds. The fourth-order valence-corrected chi connectivity index (χ4v) is 2.81. The van der Waals surface area contributed by atoms with Gasteiger partial charge in [0.05, 0.1) is 5.69 Å². The number of nitrogen functional groups attached to an aromatic ring is 1. The van der Waals surface area contributed by atoms with E-state index in [9.17, 15) is 0 Å². The summed E-state index contributed by atoms with van der Waals surface area (Å²) in [4.78, 5) is 0. The van der Waals surface area contributed by atoms with Crippen molar-refractivity contribution in [3.05, 3.63) is 46.8 Å². The molecule has 0 saturated heterocycles. The molecular weight excluding hydrogens is 222 g/mol. The molecule has 1 atom stereocenters. The molecule has 3 heteroatoms. The predicted molar refractivity (Wildman–Crippen MR) is 73.6 cm³/mol. The molecule has 3 N–H and O–H groups in total. The molecule has 3 rings (SSSR count). The molecule has 0 aliphatic heterocycles. The van der Waals surface area contributed by atoms with E-state index in [1.807, 2.05) is 12.1 Å². The first kappa shape index (κ1) is 11.3. The highest BCUT2D eigenvalue weighted by Gasteiger charge is 2.21. The third-order valence-corrected chi connectivity index (χ3v) is 3.93. The van der Waals surface area contributed by atoms with Crippen LogP contribution in [0.1, 0.15) is 48.2 Å². The van der Waals surface area contributed by atoms with Crippen molar-refractivity contribution in [1.29, 1.82) is 0 Å². The van der Waals surface area contributed by atoms with E-state index in [1.165, 1.54) is 41.8 Å². The fraction of sp³-hybridized carbons (Fsp3) is 0.400. The quantitative estimate of drug-likeness (QED) is 0.794. The van der Waals surface area contributed by atoms with Crippen molar-refractivity contribution in [2.75, 3.05) is 5.73 Å². The van der Waals surface area contributed by atoms with Crippen LogP contribution in [0.5, 0.6) is 0 Å². The summed E-state index contributed by atoms with van der Waals surface area (Å²) in [6.45, 7) is 2.22. The Bertz CT molecular complexity index is 539. The van der Waals surface area contributed by atoms with Crippen LogP contribution in [0.4, 0.5) is 5.69 Å². The van der Waals surface area contributed by atoms with Gasteiger partial charge in [-0.1, -0.05) is 19.1 Å². The van der Waals surface area contributed by atoms with Gasteiger partial charge in [-0.05, 0) is 48.9 Å². The van der Waals surface area contributed by atoms with Crippen LogP contribution in [0, 0.1) is 0 Å². The Kier molecular flexibility index (Phi) is 2.82. The highest BCUT2D eigenvalue weighted by molar-refractivity contribution is 5.43. The van der Waals surface area contributed by atoms with Gasteiger partial charge in [0.1, 0.15) is 0 Å². The summed E-state index contributed by atoms with van der Waals surface area (Å²) in [5, 5.41) is 7.75. The number of hydrogen-bond donors (Lipinski definition) is 2. The summed E-state index contributed by atoms with van der Waals surface area (Å²) >= 11 is 0. The van der Waals surface area contributed by atoms with E-state index < -0.39 is 0 Å². The second-order valence-corrected chi connectivity index (χ2v) is 5.16. The zero-order valence-corrected chi connectivity index (χ0v) is 10.7. The molecule has 1 aliphatic carbocycles. The van der Waals surface area contributed by atoms with E-state index in [0.717, 1.165) is 12.1 Å². The molecule has 0 radical (unpaired) electrons. The minimum atomic E-state index is 0.337. The van der Waals surface area contributed by atoms with Crippen LogP contribution in [0.25, 0.3) is 0 Å². The van der Waals surface area contributed by atoms with Crippen LogP contribution < -0.4 is 5.73 Å². The average molecular weight is 241 g/mol. The number of nitrogens with one attached hydrogen (secondary N) is 1. The topological polar surface area (TPSA) is 54.7 Å². The van der Waals surface area contributed by atoms with Gasteiger partial charge in [-0.25, -0.2) is 0 Å². The maximum Gasteiger partial charge on any atom is 0.0728 e. The molecule has 0 saturated carbocycles. The summed E-state index contributed by atoms with van der Waals surface area (Å²) < 4.78 is 0. The lowest BCUT2D eigenvalue weighted by atomic mass is 9.89. The number of nitrogens with two attached hydrogens (primary N) is 1. The Labute approximate surface area is 107 Å². The van der Waals surface area contributed by atoms with Gasteiger partial charge in [0.2, 0.25) is 0 Å². The zero-order valence-electron chi connectivity index (χ0n) is 10.7. The van der Waals surface area contributed by atoms with Crippen molar-refractivity contribution in [1.82, 2.24) is 10.2 Å². The molecule has 0 spiro atoms. The van der Waals surface area contributed by atoms with Crippen LogP contribution in [0.3, 0.4) is 0 Å². The summed E-state index contributed by atoms with van der Waals surface area (Å²) in [6.07, 6.45) is 4.89. The van der Waals surface area contributed by atoms with E-state index in [4.69, 9.17) is 5.73 Å². The monoisotopic (exact) mass is 241 g/mol. The molecule has 1 unspecified atom stereocenters. The van der Waals surface area contributed by atoms with Crippen LogP contribution in [0.2, 0.25) is 0 Å². The zero-order chi connectivity index (χ0) is 12.5. The highest BCUT2D eigenvalue weighted by Crippen LogP contribution is 2.31. The first-order valence-electron chi connectivity index (χ1n) is 6.67. The van der Waals surface area contributed by atoms with Crippen LogP contribution in [-0.2, 0) is 12.8 Å². The fourth-order valence-electron chi connectivity index (χ4n) is 2.81. The molecule has 2 aromatic rings. The molecule has 1 heterocycles. The van der Waals surface area contributed by atoms with Crippen molar-refractivity contribution < 1.29 is 0 Å². The molecule has 1 aromatic heterocycles. The minimum absolute atomic E-state index is 0.337. The number of benzene rings is 1. The van der Waals surface area contributed by atoms with E-state index in [1.54, 1.807) is 0 Å². The number of aryl methyl sites for hydroxylation is 1. The third kappa shape index (κ3) is 1.90. The Hall–Kier alpha value is -1.77. The van der Waals surface area contributed by atoms with Gasteiger partial charge in [0.25, 0.3) is 0 Å². The molecular formula is C15H19N3. The largest absolute Gasteiger partial charge is 0.399 e. The van der Waals surface area contributed by atoms with E-state index >= 15 is 0 Å². The Morgan fingerprint density at radius 1 is 1.17 bits per heavy atom. The molecule has 1 aliphatic rings. The van der Waals surface area contributed by atoms with Gasteiger partial charge in [-0.2, -0.15) is 5.10 Å². The van der Waals surface area contributed by atoms with Crippen molar-refractivity contribution in [2.24, 2.45) is 0 Å². The lowest BCUT2D eigenvalue weighted by Crippen LogP contribution is -2.05. The number of H-pyrrole nitrogens is 1. The Balaban J connectivity index is 1.94. The maximum atomic E-state index is 5.73. The smallest absolute Gasteiger partial charge is 0.0728 e. The normalized spacial score (nSPS) is 16.3. The molecule has 0 fully saturated rings. The number of hydrogen-bond acceptors (Lipinski definition) is 2. The third-order valence-electron chi connectivity index (χ3n) is 3.93. The Morgan fingerprint density at radius 3 is 2.67 bits per heavy atom. The van der Waals surface area contributed by atoms with Crippen LogP contribution in [0.15, 0.2) is 24.3 Å². The second kappa shape index (κ2) is 4.48. The highest BCUT2D eigenvalue weighted by atomic mass is 15.1. The van der Waals surface area contributed by atoms with Gasteiger partial charge in [-0.15, -0.1) is 0 Å². The maximum absolute atomic E-state index is 5.73. The molecule has 3 nitrogen and oxygen atoms in total. The van der Waals surface area contributed by atoms with Gasteiger partial charge in [0.15, 0.2) is 0 Å². The summed E-state index contributed by atoms with van der Waals surface area (Å²) in [5.41, 5.74) is 11.8. The number of anilines is 1. The lowest BCUT2D eigenvalue weighted by molar-refractivity contribution is 0.670.